The largest absolute Gasteiger partial charge is 0.453 e. The number of aromatic nitrogens is 1. The lowest BCUT2D eigenvalue weighted by Gasteiger charge is -2.57. The topological polar surface area (TPSA) is 17.4 Å². The van der Waals surface area contributed by atoms with Gasteiger partial charge in [0, 0.05) is 27.5 Å². The van der Waals surface area contributed by atoms with Crippen molar-refractivity contribution in [2.75, 3.05) is 4.90 Å². The lowest BCUT2D eigenvalue weighted by molar-refractivity contribution is -0.00518. The number of benzene rings is 9. The molecule has 15 rings (SSSR count). The van der Waals surface area contributed by atoms with E-state index in [1.165, 1.54) is 110 Å². The molecule has 4 aliphatic carbocycles. The first-order valence-electron chi connectivity index (χ1n) is 23.0. The number of nitrogens with zero attached hydrogens (tertiary/aromatic N) is 2. The number of para-hydroxylation sites is 3. The van der Waals surface area contributed by atoms with Crippen molar-refractivity contribution in [2.45, 2.75) is 43.9 Å². The molecule has 4 saturated carbocycles. The van der Waals surface area contributed by atoms with E-state index in [-0.39, 0.29) is 0 Å². The average molecular weight is 811 g/mol. The third kappa shape index (κ3) is 5.39. The van der Waals surface area contributed by atoms with Crippen LogP contribution in [0.25, 0.3) is 71.3 Å². The highest BCUT2D eigenvalue weighted by molar-refractivity contribution is 6.13. The monoisotopic (exact) mass is 810 g/mol. The van der Waals surface area contributed by atoms with Crippen molar-refractivity contribution in [1.29, 1.82) is 0 Å². The lowest BCUT2D eigenvalue weighted by atomic mass is 9.48. The molecule has 1 aliphatic heterocycles. The average Bonchev–Trinajstić information content (AvgIpc) is 3.66. The van der Waals surface area contributed by atoms with Gasteiger partial charge in [-0.1, -0.05) is 133 Å². The fraction of sp³-hybridized carbons (Fsp3) is 0.167. The van der Waals surface area contributed by atoms with Gasteiger partial charge in [-0.05, 0) is 160 Å². The van der Waals surface area contributed by atoms with Crippen molar-refractivity contribution < 1.29 is 4.74 Å². The van der Waals surface area contributed by atoms with E-state index in [1.807, 2.05) is 6.07 Å². The highest BCUT2D eigenvalue weighted by atomic mass is 16.5. The Balaban J connectivity index is 0.903. The van der Waals surface area contributed by atoms with Gasteiger partial charge in [-0.3, -0.25) is 0 Å². The van der Waals surface area contributed by atoms with Crippen LogP contribution in [0.1, 0.15) is 44.1 Å². The van der Waals surface area contributed by atoms with E-state index >= 15 is 0 Å². The van der Waals surface area contributed by atoms with Gasteiger partial charge in [0.1, 0.15) is 0 Å². The second kappa shape index (κ2) is 13.4. The molecule has 2 heterocycles. The molecule has 0 N–H and O–H groups in total. The first-order valence-corrected chi connectivity index (χ1v) is 23.0. The summed E-state index contributed by atoms with van der Waals surface area (Å²) in [6.07, 6.45) is 8.51. The molecule has 0 unspecified atom stereocenters. The molecule has 10 aromatic rings. The van der Waals surface area contributed by atoms with Crippen molar-refractivity contribution in [2.24, 2.45) is 17.8 Å². The number of anilines is 3. The Morgan fingerprint density at radius 3 is 1.86 bits per heavy atom. The summed E-state index contributed by atoms with van der Waals surface area (Å²) in [5.41, 5.74) is 13.7. The molecule has 4 bridgehead atoms. The molecule has 0 atom stereocenters. The second-order valence-electron chi connectivity index (χ2n) is 19.1. The predicted molar refractivity (Wildman–Crippen MR) is 261 cm³/mol. The van der Waals surface area contributed by atoms with Crippen molar-refractivity contribution >= 4 is 60.4 Å². The fourth-order valence-electron chi connectivity index (χ4n) is 13.2. The Bertz CT molecular complexity index is 3430. The van der Waals surface area contributed by atoms with Crippen molar-refractivity contribution in [3.8, 4) is 39.4 Å². The van der Waals surface area contributed by atoms with Gasteiger partial charge in [0.25, 0.3) is 0 Å². The zero-order chi connectivity index (χ0) is 41.2. The molecule has 4 fully saturated rings. The molecular weight excluding hydrogens is 765 g/mol. The number of ether oxygens (including phenoxy) is 1. The summed E-state index contributed by atoms with van der Waals surface area (Å²) in [6, 6.07) is 69.9. The van der Waals surface area contributed by atoms with Crippen molar-refractivity contribution in [1.82, 2.24) is 4.57 Å². The van der Waals surface area contributed by atoms with Gasteiger partial charge >= 0.3 is 0 Å². The Morgan fingerprint density at radius 2 is 1.06 bits per heavy atom. The summed E-state index contributed by atoms with van der Waals surface area (Å²) in [6.45, 7) is 0. The molecule has 0 spiro atoms. The summed E-state index contributed by atoms with van der Waals surface area (Å²) in [5.74, 6) is 4.53. The number of rotatable bonds is 6. The molecule has 302 valence electrons. The molecule has 63 heavy (non-hydrogen) atoms. The minimum Gasteiger partial charge on any atom is -0.453 e. The Labute approximate surface area is 367 Å². The van der Waals surface area contributed by atoms with E-state index in [0.29, 0.717) is 5.41 Å². The van der Waals surface area contributed by atoms with Gasteiger partial charge in [0.2, 0.25) is 0 Å². The van der Waals surface area contributed by atoms with Gasteiger partial charge in [-0.15, -0.1) is 0 Å². The number of hydrogen-bond donors (Lipinski definition) is 0. The number of hydrogen-bond acceptors (Lipinski definition) is 2. The summed E-state index contributed by atoms with van der Waals surface area (Å²) in [4.78, 5) is 2.49. The molecule has 5 aliphatic rings. The van der Waals surface area contributed by atoms with Crippen LogP contribution in [0.5, 0.6) is 11.5 Å². The highest BCUT2D eigenvalue weighted by Gasteiger charge is 2.51. The van der Waals surface area contributed by atoms with Crippen LogP contribution in [0.15, 0.2) is 188 Å². The SMILES string of the molecule is c1ccc2c(c1)Oc1cccc3c4ccc(-c5ccc(N(c6ccc(C78CC9CC(CC(C9)C7)C8)cc6)c6ccc(-c7cccc8ccccc78)c7ccccc67)cc5)cc4n-2c13. The minimum atomic E-state index is 0.356. The molecule has 3 heteroatoms. The van der Waals surface area contributed by atoms with Crippen LogP contribution in [0.4, 0.5) is 17.1 Å². The molecule has 0 radical (unpaired) electrons. The summed E-state index contributed by atoms with van der Waals surface area (Å²) in [7, 11) is 0. The zero-order valence-electron chi connectivity index (χ0n) is 35.2. The fourth-order valence-corrected chi connectivity index (χ4v) is 13.2. The highest BCUT2D eigenvalue weighted by Crippen LogP contribution is 2.61. The Kier molecular flexibility index (Phi) is 7.58. The maximum Gasteiger partial charge on any atom is 0.152 e. The maximum absolute atomic E-state index is 6.41. The van der Waals surface area contributed by atoms with Crippen LogP contribution in [-0.2, 0) is 5.41 Å². The normalized spacial score (nSPS) is 20.7. The summed E-state index contributed by atoms with van der Waals surface area (Å²) < 4.78 is 8.80. The Morgan fingerprint density at radius 1 is 0.460 bits per heavy atom. The van der Waals surface area contributed by atoms with E-state index in [1.54, 1.807) is 5.56 Å². The standard InChI is InChI=1S/C60H46N2O/c1-2-11-47-42(9-1)10-7-14-48(47)50-29-30-54(51-13-4-3-12-49(50)51)61(46-26-22-44(23-27-46)60-35-38-31-39(36-60)33-40(32-38)37-60)45-24-19-41(20-25-45)43-21-28-52-53-15-8-18-58-59(53)62(56(52)34-43)55-16-5-6-17-57(55)63-58/h1-30,34,38-40H,31-33,35-37H2. The third-order valence-electron chi connectivity index (χ3n) is 15.5. The van der Waals surface area contributed by atoms with Crippen molar-refractivity contribution in [3.63, 3.8) is 0 Å². The van der Waals surface area contributed by atoms with Gasteiger partial charge in [0.15, 0.2) is 11.5 Å². The quantitative estimate of drug-likeness (QED) is 0.166. The molecule has 9 aromatic carbocycles. The minimum absolute atomic E-state index is 0.356. The van der Waals surface area contributed by atoms with Gasteiger partial charge in [-0.25, -0.2) is 0 Å². The van der Waals surface area contributed by atoms with Crippen LogP contribution in [0.2, 0.25) is 0 Å². The van der Waals surface area contributed by atoms with Crippen LogP contribution < -0.4 is 9.64 Å². The van der Waals surface area contributed by atoms with Crippen molar-refractivity contribution in [3.05, 3.63) is 194 Å². The van der Waals surface area contributed by atoms with Crippen LogP contribution >= 0.6 is 0 Å². The third-order valence-corrected chi connectivity index (χ3v) is 15.5. The molecule has 0 saturated heterocycles. The first kappa shape index (κ1) is 35.5. The summed E-state index contributed by atoms with van der Waals surface area (Å²) >= 11 is 0. The zero-order valence-corrected chi connectivity index (χ0v) is 35.2. The van der Waals surface area contributed by atoms with Gasteiger partial charge in [-0.2, -0.15) is 0 Å². The van der Waals surface area contributed by atoms with Crippen LogP contribution in [-0.4, -0.2) is 4.57 Å². The van der Waals surface area contributed by atoms with E-state index < -0.39 is 0 Å². The molecular formula is C60H46N2O. The van der Waals surface area contributed by atoms with Gasteiger partial charge in [0.05, 0.1) is 22.4 Å². The molecule has 0 amide bonds. The maximum atomic E-state index is 6.41. The summed E-state index contributed by atoms with van der Waals surface area (Å²) in [5, 5.41) is 7.47. The lowest BCUT2D eigenvalue weighted by Crippen LogP contribution is -2.48. The van der Waals surface area contributed by atoms with Gasteiger partial charge < -0.3 is 14.2 Å². The molecule has 3 nitrogen and oxygen atoms in total. The van der Waals surface area contributed by atoms with E-state index in [9.17, 15) is 0 Å². The van der Waals surface area contributed by atoms with Crippen LogP contribution in [0.3, 0.4) is 0 Å². The van der Waals surface area contributed by atoms with E-state index in [0.717, 1.165) is 46.1 Å². The smallest absolute Gasteiger partial charge is 0.152 e. The van der Waals surface area contributed by atoms with E-state index in [4.69, 9.17) is 4.74 Å². The number of fused-ring (bicyclic) bond motifs is 7. The Hall–Kier alpha value is -7.10. The van der Waals surface area contributed by atoms with Crippen LogP contribution in [0, 0.1) is 17.8 Å². The second-order valence-corrected chi connectivity index (χ2v) is 19.1. The molecule has 1 aromatic heterocycles. The first-order chi connectivity index (χ1) is 31.1. The van der Waals surface area contributed by atoms with E-state index in [2.05, 4.69) is 191 Å². The predicted octanol–water partition coefficient (Wildman–Crippen LogP) is 16.5.